The van der Waals surface area contributed by atoms with Crippen LogP contribution >= 0.6 is 11.6 Å². The fraction of sp³-hybridized carbons (Fsp3) is 0.250. The Labute approximate surface area is 121 Å². The van der Waals surface area contributed by atoms with Crippen molar-refractivity contribution >= 4 is 11.6 Å². The Morgan fingerprint density at radius 1 is 1.15 bits per heavy atom. The number of fused-ring (bicyclic) bond motifs is 1. The van der Waals surface area contributed by atoms with E-state index in [4.69, 9.17) is 16.3 Å². The normalized spacial score (nSPS) is 15.2. The van der Waals surface area contributed by atoms with Gasteiger partial charge in [-0.1, -0.05) is 35.9 Å². The molecule has 1 aliphatic rings. The molecule has 0 aromatic heterocycles. The minimum absolute atomic E-state index is 0.0953. The average molecular weight is 293 g/mol. The number of rotatable bonds is 3. The van der Waals surface area contributed by atoms with E-state index in [9.17, 15) is 9.50 Å². The molecule has 0 aliphatic carbocycles. The van der Waals surface area contributed by atoms with E-state index < -0.39 is 11.9 Å². The van der Waals surface area contributed by atoms with Crippen LogP contribution in [0.5, 0.6) is 0 Å². The maximum absolute atomic E-state index is 13.4. The molecule has 0 saturated heterocycles. The molecule has 0 bridgehead atoms. The monoisotopic (exact) mass is 292 g/mol. The first-order valence-electron chi connectivity index (χ1n) is 6.45. The Kier molecular flexibility index (Phi) is 3.74. The Hall–Kier alpha value is -1.42. The van der Waals surface area contributed by atoms with Crippen LogP contribution in [0.1, 0.15) is 28.4 Å². The topological polar surface area (TPSA) is 29.5 Å². The Morgan fingerprint density at radius 2 is 1.95 bits per heavy atom. The van der Waals surface area contributed by atoms with Gasteiger partial charge in [0, 0.05) is 6.42 Å². The number of aliphatic hydroxyl groups excluding tert-OH is 1. The van der Waals surface area contributed by atoms with E-state index in [2.05, 4.69) is 0 Å². The summed E-state index contributed by atoms with van der Waals surface area (Å²) in [5.41, 5.74) is 3.82. The van der Waals surface area contributed by atoms with Gasteiger partial charge in [0.15, 0.2) is 0 Å². The predicted octanol–water partition coefficient (Wildman–Crippen LogP) is 3.79. The van der Waals surface area contributed by atoms with Crippen molar-refractivity contribution in [2.75, 3.05) is 0 Å². The maximum Gasteiger partial charge on any atom is 0.142 e. The SMILES string of the molecule is OC(Cc1ccc(Cl)c(F)c1)c1ccc2c(c1)COC2. The molecular formula is C16H14ClFO2. The predicted molar refractivity (Wildman–Crippen MR) is 75.0 cm³/mol. The molecule has 1 unspecified atom stereocenters. The van der Waals surface area contributed by atoms with Crippen LogP contribution in [0.15, 0.2) is 36.4 Å². The van der Waals surface area contributed by atoms with Crippen molar-refractivity contribution in [2.45, 2.75) is 25.7 Å². The van der Waals surface area contributed by atoms with Gasteiger partial charge in [0.1, 0.15) is 5.82 Å². The van der Waals surface area contributed by atoms with Gasteiger partial charge in [-0.05, 0) is 34.4 Å². The molecule has 1 N–H and O–H groups in total. The number of halogens is 2. The van der Waals surface area contributed by atoms with E-state index >= 15 is 0 Å². The van der Waals surface area contributed by atoms with Gasteiger partial charge in [-0.2, -0.15) is 0 Å². The van der Waals surface area contributed by atoms with E-state index in [1.807, 2.05) is 18.2 Å². The third-order valence-corrected chi connectivity index (χ3v) is 3.85. The van der Waals surface area contributed by atoms with Crippen molar-refractivity contribution in [3.05, 3.63) is 69.5 Å². The highest BCUT2D eigenvalue weighted by atomic mass is 35.5. The molecular weight excluding hydrogens is 279 g/mol. The highest BCUT2D eigenvalue weighted by molar-refractivity contribution is 6.30. The molecule has 20 heavy (non-hydrogen) atoms. The average Bonchev–Trinajstić information content (AvgIpc) is 2.90. The first-order valence-corrected chi connectivity index (χ1v) is 6.83. The van der Waals surface area contributed by atoms with Gasteiger partial charge < -0.3 is 9.84 Å². The summed E-state index contributed by atoms with van der Waals surface area (Å²) in [7, 11) is 0. The third kappa shape index (κ3) is 2.70. The second-order valence-electron chi connectivity index (χ2n) is 4.99. The lowest BCUT2D eigenvalue weighted by Gasteiger charge is -2.12. The molecule has 1 atom stereocenters. The zero-order valence-electron chi connectivity index (χ0n) is 10.8. The molecule has 0 amide bonds. The van der Waals surface area contributed by atoms with Crippen molar-refractivity contribution < 1.29 is 14.2 Å². The second-order valence-corrected chi connectivity index (χ2v) is 5.40. The van der Waals surface area contributed by atoms with Crippen LogP contribution < -0.4 is 0 Å². The molecule has 0 spiro atoms. The van der Waals surface area contributed by atoms with E-state index in [1.165, 1.54) is 17.7 Å². The highest BCUT2D eigenvalue weighted by Crippen LogP contribution is 2.26. The number of aliphatic hydroxyl groups is 1. The smallest absolute Gasteiger partial charge is 0.142 e. The first kappa shape index (κ1) is 13.6. The largest absolute Gasteiger partial charge is 0.388 e. The molecule has 0 saturated carbocycles. The summed E-state index contributed by atoms with van der Waals surface area (Å²) in [6, 6.07) is 10.4. The summed E-state index contributed by atoms with van der Waals surface area (Å²) in [5, 5.41) is 10.4. The minimum Gasteiger partial charge on any atom is -0.388 e. The minimum atomic E-state index is -0.665. The van der Waals surface area contributed by atoms with E-state index in [1.54, 1.807) is 6.07 Å². The maximum atomic E-state index is 13.4. The van der Waals surface area contributed by atoms with E-state index in [-0.39, 0.29) is 5.02 Å². The Bertz CT molecular complexity index is 642. The summed E-state index contributed by atoms with van der Waals surface area (Å²) in [6.45, 7) is 1.22. The molecule has 3 rings (SSSR count). The molecule has 2 nitrogen and oxygen atoms in total. The molecule has 2 aromatic rings. The van der Waals surface area contributed by atoms with Crippen molar-refractivity contribution in [1.29, 1.82) is 0 Å². The molecule has 0 fully saturated rings. The van der Waals surface area contributed by atoms with Crippen LogP contribution in [-0.2, 0) is 24.4 Å². The first-order chi connectivity index (χ1) is 9.63. The number of hydrogen-bond acceptors (Lipinski definition) is 2. The van der Waals surface area contributed by atoms with E-state index in [0.717, 1.165) is 16.7 Å². The van der Waals surface area contributed by atoms with Gasteiger partial charge in [0.05, 0.1) is 24.3 Å². The van der Waals surface area contributed by atoms with Gasteiger partial charge in [-0.15, -0.1) is 0 Å². The zero-order valence-corrected chi connectivity index (χ0v) is 11.5. The highest BCUT2D eigenvalue weighted by Gasteiger charge is 2.15. The van der Waals surface area contributed by atoms with Crippen molar-refractivity contribution in [2.24, 2.45) is 0 Å². The summed E-state index contributed by atoms with van der Waals surface area (Å²) in [6.07, 6.45) is -0.310. The van der Waals surface area contributed by atoms with Crippen LogP contribution in [-0.4, -0.2) is 5.11 Å². The molecule has 4 heteroatoms. The summed E-state index contributed by atoms with van der Waals surface area (Å²) < 4.78 is 18.7. The summed E-state index contributed by atoms with van der Waals surface area (Å²) in [4.78, 5) is 0. The van der Waals surface area contributed by atoms with E-state index in [0.29, 0.717) is 19.6 Å². The lowest BCUT2D eigenvalue weighted by molar-refractivity contribution is 0.134. The fourth-order valence-electron chi connectivity index (χ4n) is 2.41. The Morgan fingerprint density at radius 3 is 2.75 bits per heavy atom. The van der Waals surface area contributed by atoms with Crippen molar-refractivity contribution in [1.82, 2.24) is 0 Å². The molecule has 1 aliphatic heterocycles. The molecule has 2 aromatic carbocycles. The number of ether oxygens (including phenoxy) is 1. The van der Waals surface area contributed by atoms with Crippen molar-refractivity contribution in [3.63, 3.8) is 0 Å². The number of hydrogen-bond donors (Lipinski definition) is 1. The molecule has 0 radical (unpaired) electrons. The van der Waals surface area contributed by atoms with Crippen LogP contribution in [0.4, 0.5) is 4.39 Å². The summed E-state index contributed by atoms with van der Waals surface area (Å²) >= 11 is 5.65. The quantitative estimate of drug-likeness (QED) is 0.933. The lowest BCUT2D eigenvalue weighted by atomic mass is 9.98. The fourth-order valence-corrected chi connectivity index (χ4v) is 2.52. The lowest BCUT2D eigenvalue weighted by Crippen LogP contribution is -2.03. The summed E-state index contributed by atoms with van der Waals surface area (Å²) in [5.74, 6) is -0.460. The van der Waals surface area contributed by atoms with Crippen LogP contribution in [0.2, 0.25) is 5.02 Å². The molecule has 104 valence electrons. The van der Waals surface area contributed by atoms with Crippen LogP contribution in [0.3, 0.4) is 0 Å². The zero-order chi connectivity index (χ0) is 14.1. The standard InChI is InChI=1S/C16H14ClFO2/c17-14-4-1-10(5-15(14)18)6-16(19)11-2-3-12-8-20-9-13(12)7-11/h1-5,7,16,19H,6,8-9H2. The Balaban J connectivity index is 1.78. The second kappa shape index (κ2) is 5.52. The van der Waals surface area contributed by atoms with Crippen LogP contribution in [0, 0.1) is 5.82 Å². The van der Waals surface area contributed by atoms with Gasteiger partial charge in [-0.3, -0.25) is 0 Å². The molecule has 1 heterocycles. The third-order valence-electron chi connectivity index (χ3n) is 3.54. The van der Waals surface area contributed by atoms with Crippen LogP contribution in [0.25, 0.3) is 0 Å². The van der Waals surface area contributed by atoms with Gasteiger partial charge >= 0.3 is 0 Å². The van der Waals surface area contributed by atoms with Gasteiger partial charge in [0.25, 0.3) is 0 Å². The van der Waals surface area contributed by atoms with Crippen molar-refractivity contribution in [3.8, 4) is 0 Å². The van der Waals surface area contributed by atoms with Gasteiger partial charge in [0.2, 0.25) is 0 Å². The number of benzene rings is 2. The van der Waals surface area contributed by atoms with Gasteiger partial charge in [-0.25, -0.2) is 4.39 Å².